The van der Waals surface area contributed by atoms with Gasteiger partial charge in [0.05, 0.1) is 16.5 Å². The number of benzene rings is 1. The van der Waals surface area contributed by atoms with Gasteiger partial charge in [-0.2, -0.15) is 0 Å². The van der Waals surface area contributed by atoms with Gasteiger partial charge >= 0.3 is 0 Å². The Labute approximate surface area is 110 Å². The smallest absolute Gasteiger partial charge is 0.224 e. The van der Waals surface area contributed by atoms with Crippen molar-refractivity contribution < 1.29 is 4.79 Å². The van der Waals surface area contributed by atoms with Crippen LogP contribution in [0.15, 0.2) is 18.2 Å². The third-order valence-corrected chi connectivity index (χ3v) is 3.51. The van der Waals surface area contributed by atoms with E-state index >= 15 is 0 Å². The molecule has 0 unspecified atom stereocenters. The second kappa shape index (κ2) is 5.71. The van der Waals surface area contributed by atoms with Gasteiger partial charge in [0.1, 0.15) is 0 Å². The number of halogens is 2. The molecule has 1 aromatic carbocycles. The van der Waals surface area contributed by atoms with Crippen LogP contribution >= 0.6 is 23.2 Å². The minimum atomic E-state index is 0.0251. The zero-order chi connectivity index (χ0) is 12.3. The molecule has 3 nitrogen and oxygen atoms in total. The monoisotopic (exact) mass is 272 g/mol. The second-order valence-corrected chi connectivity index (χ2v) is 5.00. The van der Waals surface area contributed by atoms with E-state index < -0.39 is 0 Å². The van der Waals surface area contributed by atoms with E-state index in [0.717, 1.165) is 25.1 Å². The van der Waals surface area contributed by atoms with Crippen molar-refractivity contribution in [2.45, 2.75) is 18.9 Å². The first-order chi connectivity index (χ1) is 8.15. The van der Waals surface area contributed by atoms with E-state index in [1.165, 1.54) is 0 Å². The summed E-state index contributed by atoms with van der Waals surface area (Å²) in [6, 6.07) is 5.52. The molecule has 0 aromatic heterocycles. The first-order valence-electron chi connectivity index (χ1n) is 5.59. The average Bonchev–Trinajstić information content (AvgIpc) is 2.76. The van der Waals surface area contributed by atoms with E-state index in [4.69, 9.17) is 23.2 Å². The molecule has 1 amide bonds. The molecule has 92 valence electrons. The maximum atomic E-state index is 11.7. The van der Waals surface area contributed by atoms with Crippen LogP contribution in [-0.2, 0) is 11.2 Å². The Bertz CT molecular complexity index is 417. The Morgan fingerprint density at radius 1 is 1.41 bits per heavy atom. The summed E-state index contributed by atoms with van der Waals surface area (Å²) < 4.78 is 0. The summed E-state index contributed by atoms with van der Waals surface area (Å²) in [6.45, 7) is 1.82. The van der Waals surface area contributed by atoms with Gasteiger partial charge in [0.2, 0.25) is 5.91 Å². The van der Waals surface area contributed by atoms with Crippen LogP contribution < -0.4 is 10.6 Å². The summed E-state index contributed by atoms with van der Waals surface area (Å²) >= 11 is 11.7. The Morgan fingerprint density at radius 3 is 2.88 bits per heavy atom. The molecular weight excluding hydrogens is 259 g/mol. The minimum absolute atomic E-state index is 0.0251. The largest absolute Gasteiger partial charge is 0.352 e. The highest BCUT2D eigenvalue weighted by Gasteiger charge is 2.16. The number of hydrogen-bond donors (Lipinski definition) is 2. The summed E-state index contributed by atoms with van der Waals surface area (Å²) in [6.07, 6.45) is 1.33. The van der Waals surface area contributed by atoms with Crippen molar-refractivity contribution in [2.24, 2.45) is 0 Å². The van der Waals surface area contributed by atoms with E-state index in [2.05, 4.69) is 10.6 Å². The predicted octanol–water partition coefficient (Wildman–Crippen LogP) is 2.01. The topological polar surface area (TPSA) is 41.1 Å². The van der Waals surface area contributed by atoms with Crippen molar-refractivity contribution in [1.29, 1.82) is 0 Å². The number of rotatable bonds is 3. The molecule has 1 saturated heterocycles. The molecule has 0 radical (unpaired) electrons. The van der Waals surface area contributed by atoms with Gasteiger partial charge in [-0.05, 0) is 30.7 Å². The van der Waals surface area contributed by atoms with Gasteiger partial charge < -0.3 is 10.6 Å². The molecule has 1 aliphatic rings. The van der Waals surface area contributed by atoms with Crippen LogP contribution in [0.1, 0.15) is 12.0 Å². The average molecular weight is 273 g/mol. The van der Waals surface area contributed by atoms with Crippen LogP contribution in [0.5, 0.6) is 0 Å². The van der Waals surface area contributed by atoms with Crippen molar-refractivity contribution in [2.75, 3.05) is 13.1 Å². The zero-order valence-electron chi connectivity index (χ0n) is 9.30. The molecular formula is C12H14Cl2N2O. The lowest BCUT2D eigenvalue weighted by atomic mass is 10.1. The first kappa shape index (κ1) is 12.7. The Hall–Kier alpha value is -0.770. The summed E-state index contributed by atoms with van der Waals surface area (Å²) in [5, 5.41) is 7.18. The van der Waals surface area contributed by atoms with E-state index in [9.17, 15) is 4.79 Å². The fraction of sp³-hybridized carbons (Fsp3) is 0.417. The van der Waals surface area contributed by atoms with Crippen molar-refractivity contribution >= 4 is 29.1 Å². The number of carbonyl (C=O) groups is 1. The lowest BCUT2D eigenvalue weighted by molar-refractivity contribution is -0.121. The van der Waals surface area contributed by atoms with Crippen molar-refractivity contribution in [3.8, 4) is 0 Å². The minimum Gasteiger partial charge on any atom is -0.352 e. The molecule has 0 bridgehead atoms. The van der Waals surface area contributed by atoms with Crippen molar-refractivity contribution in [3.05, 3.63) is 33.8 Å². The fourth-order valence-corrected chi connectivity index (χ4v) is 2.21. The SMILES string of the molecule is O=C(Cc1ccc(Cl)c(Cl)c1)N[C@@H]1CCNC1. The lowest BCUT2D eigenvalue weighted by Crippen LogP contribution is -2.37. The Kier molecular flexibility index (Phi) is 4.26. The maximum Gasteiger partial charge on any atom is 0.224 e. The third kappa shape index (κ3) is 3.60. The molecule has 0 saturated carbocycles. The first-order valence-corrected chi connectivity index (χ1v) is 6.35. The number of carbonyl (C=O) groups excluding carboxylic acids is 1. The number of nitrogens with one attached hydrogen (secondary N) is 2. The van der Waals surface area contributed by atoms with E-state index in [1.807, 2.05) is 6.07 Å². The highest BCUT2D eigenvalue weighted by atomic mass is 35.5. The molecule has 2 rings (SSSR count). The van der Waals surface area contributed by atoms with Crippen LogP contribution in [0, 0.1) is 0 Å². The normalized spacial score (nSPS) is 19.3. The van der Waals surface area contributed by atoms with Crippen LogP contribution in [0.3, 0.4) is 0 Å². The van der Waals surface area contributed by atoms with Crippen LogP contribution in [-0.4, -0.2) is 25.0 Å². The summed E-state index contributed by atoms with van der Waals surface area (Å²) in [5.74, 6) is 0.0251. The van der Waals surface area contributed by atoms with Crippen LogP contribution in [0.2, 0.25) is 10.0 Å². The van der Waals surface area contributed by atoms with Gasteiger partial charge in [-0.15, -0.1) is 0 Å². The van der Waals surface area contributed by atoms with Gasteiger partial charge in [-0.3, -0.25) is 4.79 Å². The van der Waals surface area contributed by atoms with E-state index in [1.54, 1.807) is 12.1 Å². The van der Waals surface area contributed by atoms with Crippen LogP contribution in [0.25, 0.3) is 0 Å². The molecule has 5 heteroatoms. The fourth-order valence-electron chi connectivity index (χ4n) is 1.89. The summed E-state index contributed by atoms with van der Waals surface area (Å²) in [7, 11) is 0. The van der Waals surface area contributed by atoms with E-state index in [0.29, 0.717) is 16.5 Å². The van der Waals surface area contributed by atoms with E-state index in [-0.39, 0.29) is 11.9 Å². The van der Waals surface area contributed by atoms with Gasteiger partial charge in [0.25, 0.3) is 0 Å². The third-order valence-electron chi connectivity index (χ3n) is 2.77. The number of amides is 1. The van der Waals surface area contributed by atoms with Gasteiger partial charge in [0.15, 0.2) is 0 Å². The lowest BCUT2D eigenvalue weighted by Gasteiger charge is -2.11. The Balaban J connectivity index is 1.90. The maximum absolute atomic E-state index is 11.7. The molecule has 2 N–H and O–H groups in total. The standard InChI is InChI=1S/C12H14Cl2N2O/c13-10-2-1-8(5-11(10)14)6-12(17)16-9-3-4-15-7-9/h1-2,5,9,15H,3-4,6-7H2,(H,16,17)/t9-/m1/s1. The summed E-state index contributed by atoms with van der Waals surface area (Å²) in [4.78, 5) is 11.7. The summed E-state index contributed by atoms with van der Waals surface area (Å²) in [5.41, 5.74) is 0.878. The van der Waals surface area contributed by atoms with Crippen molar-refractivity contribution in [3.63, 3.8) is 0 Å². The molecule has 0 spiro atoms. The molecule has 1 fully saturated rings. The van der Waals surface area contributed by atoms with Gasteiger partial charge in [0, 0.05) is 12.6 Å². The molecule has 1 aromatic rings. The van der Waals surface area contributed by atoms with Gasteiger partial charge in [-0.1, -0.05) is 29.3 Å². The van der Waals surface area contributed by atoms with Crippen LogP contribution in [0.4, 0.5) is 0 Å². The molecule has 1 aliphatic heterocycles. The number of hydrogen-bond acceptors (Lipinski definition) is 2. The molecule has 1 atom stereocenters. The molecule has 17 heavy (non-hydrogen) atoms. The van der Waals surface area contributed by atoms with Crippen molar-refractivity contribution in [1.82, 2.24) is 10.6 Å². The van der Waals surface area contributed by atoms with Gasteiger partial charge in [-0.25, -0.2) is 0 Å². The quantitative estimate of drug-likeness (QED) is 0.884. The molecule has 0 aliphatic carbocycles. The zero-order valence-corrected chi connectivity index (χ0v) is 10.8. The second-order valence-electron chi connectivity index (χ2n) is 4.18. The highest BCUT2D eigenvalue weighted by Crippen LogP contribution is 2.22. The highest BCUT2D eigenvalue weighted by molar-refractivity contribution is 6.42. The Morgan fingerprint density at radius 2 is 2.24 bits per heavy atom. The predicted molar refractivity (Wildman–Crippen MR) is 69.6 cm³/mol. The molecule has 1 heterocycles.